The molecule has 0 aliphatic carbocycles. The molecule has 0 radical (unpaired) electrons. The van der Waals surface area contributed by atoms with Crippen LogP contribution in [0.15, 0.2) is 18.2 Å². The first kappa shape index (κ1) is 15.6. The van der Waals surface area contributed by atoms with E-state index in [1.54, 1.807) is 7.11 Å². The van der Waals surface area contributed by atoms with Crippen molar-refractivity contribution in [2.24, 2.45) is 0 Å². The maximum atomic E-state index is 10.0. The molecule has 2 N–H and O–H groups in total. The second kappa shape index (κ2) is 6.76. The molecule has 0 spiro atoms. The number of rotatable bonds is 6. The molecule has 0 saturated carbocycles. The Morgan fingerprint density at radius 1 is 1.50 bits per heavy atom. The van der Waals surface area contributed by atoms with Crippen LogP contribution in [0.5, 0.6) is 0 Å². The molecule has 5 heteroatoms. The predicted octanol–water partition coefficient (Wildman–Crippen LogP) is 2.04. The van der Waals surface area contributed by atoms with Gasteiger partial charge in [-0.1, -0.05) is 17.7 Å². The quantitative estimate of drug-likeness (QED) is 0.789. The Kier molecular flexibility index (Phi) is 5.27. The summed E-state index contributed by atoms with van der Waals surface area (Å²) in [4.78, 5) is 2.14. The third kappa shape index (κ3) is 4.09. The van der Waals surface area contributed by atoms with Crippen molar-refractivity contribution in [2.75, 3.05) is 38.3 Å². The molecule has 1 aliphatic heterocycles. The normalized spacial score (nSPS) is 22.5. The molecule has 1 fully saturated rings. The smallest absolute Gasteiger partial charge is 0.0810 e. The van der Waals surface area contributed by atoms with Crippen LogP contribution >= 0.6 is 11.6 Å². The van der Waals surface area contributed by atoms with E-state index in [1.807, 2.05) is 19.1 Å². The van der Waals surface area contributed by atoms with E-state index < -0.39 is 5.60 Å². The standard InChI is InChI=1S/C15H23ClN2O2/c1-15(19)5-7-18(11-15)14-4-3-12(9-13(14)16)10-17-6-8-20-2/h3-4,9,17,19H,5-8,10-11H2,1-2H3. The Bertz CT molecular complexity index is 451. The van der Waals surface area contributed by atoms with Gasteiger partial charge in [0.1, 0.15) is 0 Å². The van der Waals surface area contributed by atoms with Crippen molar-refractivity contribution in [1.29, 1.82) is 0 Å². The Balaban J connectivity index is 1.96. The Hall–Kier alpha value is -0.810. The van der Waals surface area contributed by atoms with E-state index in [2.05, 4.69) is 16.3 Å². The lowest BCUT2D eigenvalue weighted by Crippen LogP contribution is -2.29. The SMILES string of the molecule is COCCNCc1ccc(N2CCC(C)(O)C2)c(Cl)c1. The predicted molar refractivity (Wildman–Crippen MR) is 82.5 cm³/mol. The van der Waals surface area contributed by atoms with E-state index in [-0.39, 0.29) is 0 Å². The summed E-state index contributed by atoms with van der Waals surface area (Å²) < 4.78 is 4.99. The molecule has 1 aliphatic rings. The molecule has 112 valence electrons. The Morgan fingerprint density at radius 3 is 2.90 bits per heavy atom. The summed E-state index contributed by atoms with van der Waals surface area (Å²) in [6, 6.07) is 6.11. The van der Waals surface area contributed by atoms with Gasteiger partial charge in [0.05, 0.1) is 22.9 Å². The van der Waals surface area contributed by atoms with Gasteiger partial charge in [0.25, 0.3) is 0 Å². The van der Waals surface area contributed by atoms with Crippen LogP contribution < -0.4 is 10.2 Å². The Morgan fingerprint density at radius 2 is 2.30 bits per heavy atom. The van der Waals surface area contributed by atoms with Gasteiger partial charge >= 0.3 is 0 Å². The van der Waals surface area contributed by atoms with Crippen molar-refractivity contribution in [3.05, 3.63) is 28.8 Å². The summed E-state index contributed by atoms with van der Waals surface area (Å²) in [6.45, 7) is 5.66. The number of anilines is 1. The fourth-order valence-electron chi connectivity index (χ4n) is 2.47. The minimum absolute atomic E-state index is 0.607. The molecule has 1 aromatic rings. The van der Waals surface area contributed by atoms with Gasteiger partial charge in [0, 0.05) is 33.3 Å². The van der Waals surface area contributed by atoms with Crippen molar-refractivity contribution in [3.63, 3.8) is 0 Å². The zero-order valence-electron chi connectivity index (χ0n) is 12.2. The van der Waals surface area contributed by atoms with E-state index in [1.165, 1.54) is 0 Å². The first-order valence-electron chi connectivity index (χ1n) is 6.97. The number of nitrogens with zero attached hydrogens (tertiary/aromatic N) is 1. The third-order valence-electron chi connectivity index (χ3n) is 3.62. The van der Waals surface area contributed by atoms with Gasteiger partial charge in [-0.2, -0.15) is 0 Å². The molecule has 1 atom stereocenters. The number of hydrogen-bond donors (Lipinski definition) is 2. The molecule has 2 rings (SSSR count). The second-order valence-corrected chi connectivity index (χ2v) is 6.03. The van der Waals surface area contributed by atoms with Crippen molar-refractivity contribution >= 4 is 17.3 Å². The molecule has 0 amide bonds. The second-order valence-electron chi connectivity index (χ2n) is 5.62. The highest BCUT2D eigenvalue weighted by Crippen LogP contribution is 2.32. The van der Waals surface area contributed by atoms with Crippen LogP contribution in [0.3, 0.4) is 0 Å². The summed E-state index contributed by atoms with van der Waals surface area (Å²) in [5, 5.41) is 14.1. The molecule has 0 bridgehead atoms. The zero-order valence-corrected chi connectivity index (χ0v) is 12.9. The van der Waals surface area contributed by atoms with Gasteiger partial charge in [0.15, 0.2) is 0 Å². The van der Waals surface area contributed by atoms with Crippen LogP contribution in [0.25, 0.3) is 0 Å². The molecule has 0 aromatic heterocycles. The van der Waals surface area contributed by atoms with Gasteiger partial charge in [-0.3, -0.25) is 0 Å². The van der Waals surface area contributed by atoms with Gasteiger partial charge in [-0.15, -0.1) is 0 Å². The van der Waals surface area contributed by atoms with Gasteiger partial charge in [-0.05, 0) is 31.0 Å². The third-order valence-corrected chi connectivity index (χ3v) is 3.92. The summed E-state index contributed by atoms with van der Waals surface area (Å²) >= 11 is 6.37. The van der Waals surface area contributed by atoms with E-state index >= 15 is 0 Å². The minimum Gasteiger partial charge on any atom is -0.388 e. The lowest BCUT2D eigenvalue weighted by atomic mass is 10.1. The van der Waals surface area contributed by atoms with Crippen molar-refractivity contribution in [1.82, 2.24) is 5.32 Å². The molecular weight excluding hydrogens is 276 g/mol. The highest BCUT2D eigenvalue weighted by atomic mass is 35.5. The summed E-state index contributed by atoms with van der Waals surface area (Å²) in [5.74, 6) is 0. The number of nitrogens with one attached hydrogen (secondary N) is 1. The van der Waals surface area contributed by atoms with Crippen LogP contribution in [0.2, 0.25) is 5.02 Å². The van der Waals surface area contributed by atoms with Crippen LogP contribution in [-0.4, -0.2) is 44.1 Å². The first-order chi connectivity index (χ1) is 9.52. The highest BCUT2D eigenvalue weighted by molar-refractivity contribution is 6.33. The van der Waals surface area contributed by atoms with Crippen molar-refractivity contribution in [2.45, 2.75) is 25.5 Å². The topological polar surface area (TPSA) is 44.7 Å². The van der Waals surface area contributed by atoms with E-state index in [4.69, 9.17) is 16.3 Å². The number of β-amino-alcohol motifs (C(OH)–C–C–N with tert-alkyl or cyclic N) is 1. The van der Waals surface area contributed by atoms with E-state index in [0.29, 0.717) is 13.2 Å². The van der Waals surface area contributed by atoms with Gasteiger partial charge in [0.2, 0.25) is 0 Å². The van der Waals surface area contributed by atoms with E-state index in [9.17, 15) is 5.11 Å². The Labute approximate surface area is 125 Å². The molecular formula is C15H23ClN2O2. The zero-order chi connectivity index (χ0) is 14.6. The van der Waals surface area contributed by atoms with Crippen molar-refractivity contribution in [3.8, 4) is 0 Å². The van der Waals surface area contributed by atoms with Crippen molar-refractivity contribution < 1.29 is 9.84 Å². The minimum atomic E-state index is -0.607. The molecule has 1 aromatic carbocycles. The lowest BCUT2D eigenvalue weighted by Gasteiger charge is -2.22. The number of halogens is 1. The summed E-state index contributed by atoms with van der Waals surface area (Å²) in [5.41, 5.74) is 1.55. The maximum Gasteiger partial charge on any atom is 0.0810 e. The fourth-order valence-corrected chi connectivity index (χ4v) is 2.80. The number of benzene rings is 1. The number of ether oxygens (including phenoxy) is 1. The van der Waals surface area contributed by atoms with Gasteiger partial charge < -0.3 is 20.1 Å². The monoisotopic (exact) mass is 298 g/mol. The largest absolute Gasteiger partial charge is 0.388 e. The molecule has 1 saturated heterocycles. The average Bonchev–Trinajstić information content (AvgIpc) is 2.75. The first-order valence-corrected chi connectivity index (χ1v) is 7.35. The van der Waals surface area contributed by atoms with Crippen LogP contribution in [0, 0.1) is 0 Å². The summed E-state index contributed by atoms with van der Waals surface area (Å²) in [6.07, 6.45) is 0.781. The molecule has 20 heavy (non-hydrogen) atoms. The van der Waals surface area contributed by atoms with Crippen LogP contribution in [-0.2, 0) is 11.3 Å². The van der Waals surface area contributed by atoms with Gasteiger partial charge in [-0.25, -0.2) is 0 Å². The lowest BCUT2D eigenvalue weighted by molar-refractivity contribution is 0.0839. The van der Waals surface area contributed by atoms with Crippen LogP contribution in [0.1, 0.15) is 18.9 Å². The summed E-state index contributed by atoms with van der Waals surface area (Å²) in [7, 11) is 1.69. The molecule has 1 heterocycles. The number of aliphatic hydroxyl groups is 1. The highest BCUT2D eigenvalue weighted by Gasteiger charge is 2.32. The van der Waals surface area contributed by atoms with E-state index in [0.717, 1.165) is 42.3 Å². The van der Waals surface area contributed by atoms with Crippen LogP contribution in [0.4, 0.5) is 5.69 Å². The maximum absolute atomic E-state index is 10.0. The fraction of sp³-hybridized carbons (Fsp3) is 0.600. The number of methoxy groups -OCH3 is 1. The average molecular weight is 299 g/mol. The molecule has 1 unspecified atom stereocenters. The number of hydrogen-bond acceptors (Lipinski definition) is 4. The molecule has 4 nitrogen and oxygen atoms in total.